The number of piperidine rings is 1. The minimum atomic E-state index is -4.38. The Labute approximate surface area is 120 Å². The SMILES string of the molecule is O=C(Nc1ccc(C(F)(F)F)cc1)OCC1CCCCN1. The zero-order valence-corrected chi connectivity index (χ0v) is 11.4. The molecule has 1 heterocycles. The largest absolute Gasteiger partial charge is 0.448 e. The Morgan fingerprint density at radius 3 is 2.57 bits per heavy atom. The topological polar surface area (TPSA) is 50.4 Å². The predicted octanol–water partition coefficient (Wildman–Crippen LogP) is 3.40. The number of anilines is 1. The van der Waals surface area contributed by atoms with Gasteiger partial charge in [0.25, 0.3) is 0 Å². The fourth-order valence-corrected chi connectivity index (χ4v) is 2.14. The molecule has 2 rings (SSSR count). The molecule has 1 aliphatic rings. The van der Waals surface area contributed by atoms with Crippen LogP contribution in [0.5, 0.6) is 0 Å². The molecule has 116 valence electrons. The highest BCUT2D eigenvalue weighted by molar-refractivity contribution is 5.84. The maximum atomic E-state index is 12.4. The van der Waals surface area contributed by atoms with E-state index in [1.165, 1.54) is 12.1 Å². The summed E-state index contributed by atoms with van der Waals surface area (Å²) in [6, 6.07) is 4.37. The monoisotopic (exact) mass is 302 g/mol. The van der Waals surface area contributed by atoms with Gasteiger partial charge in [-0.15, -0.1) is 0 Å². The Balaban J connectivity index is 1.79. The van der Waals surface area contributed by atoms with Gasteiger partial charge in [-0.1, -0.05) is 6.42 Å². The molecule has 1 aliphatic heterocycles. The lowest BCUT2D eigenvalue weighted by atomic mass is 10.1. The second kappa shape index (κ2) is 6.80. The van der Waals surface area contributed by atoms with Gasteiger partial charge in [-0.05, 0) is 43.7 Å². The minimum absolute atomic E-state index is 0.150. The van der Waals surface area contributed by atoms with Crippen molar-refractivity contribution in [3.8, 4) is 0 Å². The molecule has 0 radical (unpaired) electrons. The zero-order chi connectivity index (χ0) is 15.3. The van der Waals surface area contributed by atoms with E-state index in [0.29, 0.717) is 0 Å². The van der Waals surface area contributed by atoms with E-state index in [0.717, 1.165) is 37.9 Å². The Bertz CT molecular complexity index is 468. The molecule has 4 nitrogen and oxygen atoms in total. The van der Waals surface area contributed by atoms with Crippen LogP contribution in [0.4, 0.5) is 23.7 Å². The van der Waals surface area contributed by atoms with Gasteiger partial charge < -0.3 is 10.1 Å². The predicted molar refractivity (Wildman–Crippen MR) is 72.1 cm³/mol. The van der Waals surface area contributed by atoms with Crippen molar-refractivity contribution in [1.29, 1.82) is 0 Å². The molecule has 1 saturated heterocycles. The molecule has 1 aromatic carbocycles. The average Bonchev–Trinajstić information content (AvgIpc) is 2.46. The van der Waals surface area contributed by atoms with Crippen LogP contribution in [-0.2, 0) is 10.9 Å². The molecular weight excluding hydrogens is 285 g/mol. The molecule has 1 aromatic rings. The van der Waals surface area contributed by atoms with Crippen LogP contribution in [0.15, 0.2) is 24.3 Å². The third-order valence-corrected chi connectivity index (χ3v) is 3.29. The van der Waals surface area contributed by atoms with Crippen molar-refractivity contribution in [2.45, 2.75) is 31.5 Å². The van der Waals surface area contributed by atoms with Crippen molar-refractivity contribution in [3.63, 3.8) is 0 Å². The van der Waals surface area contributed by atoms with Gasteiger partial charge in [-0.2, -0.15) is 13.2 Å². The summed E-state index contributed by atoms with van der Waals surface area (Å²) in [6.07, 6.45) is -1.88. The number of ether oxygens (including phenoxy) is 1. The number of benzene rings is 1. The summed E-state index contributed by atoms with van der Waals surface area (Å²) in [5.74, 6) is 0. The normalized spacial score (nSPS) is 19.1. The highest BCUT2D eigenvalue weighted by Crippen LogP contribution is 2.29. The summed E-state index contributed by atoms with van der Waals surface area (Å²) in [6.45, 7) is 1.17. The molecule has 0 aromatic heterocycles. The van der Waals surface area contributed by atoms with Gasteiger partial charge in [0, 0.05) is 11.7 Å². The first-order chi connectivity index (χ1) is 9.95. The first kappa shape index (κ1) is 15.6. The molecule has 0 aliphatic carbocycles. The van der Waals surface area contributed by atoms with E-state index < -0.39 is 17.8 Å². The smallest absolute Gasteiger partial charge is 0.416 e. The first-order valence-electron chi connectivity index (χ1n) is 6.79. The number of alkyl halides is 3. The van der Waals surface area contributed by atoms with Crippen molar-refractivity contribution in [1.82, 2.24) is 5.32 Å². The van der Waals surface area contributed by atoms with Crippen LogP contribution < -0.4 is 10.6 Å². The van der Waals surface area contributed by atoms with Gasteiger partial charge >= 0.3 is 12.3 Å². The van der Waals surface area contributed by atoms with Gasteiger partial charge in [0.15, 0.2) is 0 Å². The van der Waals surface area contributed by atoms with E-state index in [9.17, 15) is 18.0 Å². The van der Waals surface area contributed by atoms with E-state index in [4.69, 9.17) is 4.74 Å². The van der Waals surface area contributed by atoms with Crippen LogP contribution in [0.1, 0.15) is 24.8 Å². The maximum Gasteiger partial charge on any atom is 0.416 e. The summed E-state index contributed by atoms with van der Waals surface area (Å²) in [4.78, 5) is 11.6. The number of hydrogen-bond donors (Lipinski definition) is 2. The summed E-state index contributed by atoms with van der Waals surface area (Å²) in [5.41, 5.74) is -0.488. The second-order valence-electron chi connectivity index (χ2n) is 4.95. The summed E-state index contributed by atoms with van der Waals surface area (Å²) < 4.78 is 42.2. The Morgan fingerprint density at radius 1 is 1.29 bits per heavy atom. The van der Waals surface area contributed by atoms with Crippen LogP contribution in [0.2, 0.25) is 0 Å². The van der Waals surface area contributed by atoms with E-state index in [-0.39, 0.29) is 18.3 Å². The van der Waals surface area contributed by atoms with E-state index >= 15 is 0 Å². The van der Waals surface area contributed by atoms with Crippen molar-refractivity contribution >= 4 is 11.8 Å². The van der Waals surface area contributed by atoms with E-state index in [1.54, 1.807) is 0 Å². The number of halogens is 3. The van der Waals surface area contributed by atoms with Crippen LogP contribution in [-0.4, -0.2) is 25.3 Å². The van der Waals surface area contributed by atoms with Crippen LogP contribution in [0, 0.1) is 0 Å². The molecular formula is C14H17F3N2O2. The number of carbonyl (C=O) groups is 1. The van der Waals surface area contributed by atoms with Gasteiger partial charge in [-0.3, -0.25) is 5.32 Å². The fraction of sp³-hybridized carbons (Fsp3) is 0.500. The van der Waals surface area contributed by atoms with Gasteiger partial charge in [-0.25, -0.2) is 4.79 Å². The molecule has 0 bridgehead atoms. The van der Waals surface area contributed by atoms with Crippen molar-refractivity contribution < 1.29 is 22.7 Å². The quantitative estimate of drug-likeness (QED) is 0.900. The summed E-state index contributed by atoms with van der Waals surface area (Å²) in [5, 5.41) is 5.64. The summed E-state index contributed by atoms with van der Waals surface area (Å²) >= 11 is 0. The summed E-state index contributed by atoms with van der Waals surface area (Å²) in [7, 11) is 0. The second-order valence-corrected chi connectivity index (χ2v) is 4.95. The number of rotatable bonds is 3. The van der Waals surface area contributed by atoms with Gasteiger partial charge in [0.2, 0.25) is 0 Å². The third-order valence-electron chi connectivity index (χ3n) is 3.29. The van der Waals surface area contributed by atoms with E-state index in [2.05, 4.69) is 10.6 Å². The van der Waals surface area contributed by atoms with Crippen LogP contribution >= 0.6 is 0 Å². The lowest BCUT2D eigenvalue weighted by Crippen LogP contribution is -2.38. The van der Waals surface area contributed by atoms with Crippen LogP contribution in [0.3, 0.4) is 0 Å². The highest BCUT2D eigenvalue weighted by atomic mass is 19.4. The van der Waals surface area contributed by atoms with E-state index in [1.807, 2.05) is 0 Å². The number of amides is 1. The van der Waals surface area contributed by atoms with Crippen molar-refractivity contribution in [3.05, 3.63) is 29.8 Å². The average molecular weight is 302 g/mol. The third kappa shape index (κ3) is 4.93. The lowest BCUT2D eigenvalue weighted by molar-refractivity contribution is -0.137. The molecule has 1 fully saturated rings. The number of carbonyl (C=O) groups excluding carboxylic acids is 1. The van der Waals surface area contributed by atoms with Gasteiger partial charge in [0.05, 0.1) is 5.56 Å². The van der Waals surface area contributed by atoms with Gasteiger partial charge in [0.1, 0.15) is 6.61 Å². The standard InChI is InChI=1S/C14H17F3N2O2/c15-14(16,17)10-4-6-11(7-5-10)19-13(20)21-9-12-3-1-2-8-18-12/h4-7,12,18H,1-3,8-9H2,(H,19,20). The van der Waals surface area contributed by atoms with Crippen molar-refractivity contribution in [2.24, 2.45) is 0 Å². The minimum Gasteiger partial charge on any atom is -0.448 e. The molecule has 0 saturated carbocycles. The molecule has 21 heavy (non-hydrogen) atoms. The first-order valence-corrected chi connectivity index (χ1v) is 6.79. The maximum absolute atomic E-state index is 12.4. The molecule has 0 spiro atoms. The lowest BCUT2D eigenvalue weighted by Gasteiger charge is -2.22. The Hall–Kier alpha value is -1.76. The molecule has 2 N–H and O–H groups in total. The Morgan fingerprint density at radius 2 is 2.00 bits per heavy atom. The molecule has 7 heteroatoms. The molecule has 1 amide bonds. The van der Waals surface area contributed by atoms with Crippen molar-refractivity contribution in [2.75, 3.05) is 18.5 Å². The van der Waals surface area contributed by atoms with Crippen LogP contribution in [0.25, 0.3) is 0 Å². The number of hydrogen-bond acceptors (Lipinski definition) is 3. The highest BCUT2D eigenvalue weighted by Gasteiger charge is 2.30. The number of nitrogens with one attached hydrogen (secondary N) is 2. The zero-order valence-electron chi connectivity index (χ0n) is 11.4. The molecule has 1 atom stereocenters. The Kier molecular flexibility index (Phi) is 5.06. The molecule has 1 unspecified atom stereocenters. The fourth-order valence-electron chi connectivity index (χ4n) is 2.14.